The third kappa shape index (κ3) is 17.4. The van der Waals surface area contributed by atoms with Crippen LogP contribution in [-0.4, -0.2) is 193 Å². The van der Waals surface area contributed by atoms with Crippen molar-refractivity contribution in [3.05, 3.63) is 114 Å². The summed E-state index contributed by atoms with van der Waals surface area (Å²) >= 11 is 4.66. The molecule has 12 unspecified atom stereocenters. The van der Waals surface area contributed by atoms with Crippen molar-refractivity contribution in [3.63, 3.8) is 0 Å². The van der Waals surface area contributed by atoms with Crippen molar-refractivity contribution in [2.75, 3.05) is 46.3 Å². The SMILES string of the molecule is COC(=O)[C@H](Cc1ccc(OCC2(C(=O)C(C)(C)C)OCCC2OP(=O)(Oc2ccccc2)Oc2ccccc2)cc1OC)NC(=O)C1CCC(C2CCC(C3CCCN3)N2)N1C(=O)[C@H](CS)NC(=O)C1CCC(C2CCC(C3CCCN3C(=O)[C@H](Cc3ccc(O)cc3)NC(C)=O)N2)N1. The number of esters is 1. The van der Waals surface area contributed by atoms with Gasteiger partial charge in [0.2, 0.25) is 29.5 Å². The number of methoxy groups -OCH3 is 2. The molecule has 100 heavy (non-hydrogen) atoms. The average molecular weight is 1420 g/mol. The second-order valence-electron chi connectivity index (χ2n) is 28.5. The van der Waals surface area contributed by atoms with Gasteiger partial charge in [0, 0.05) is 98.3 Å². The number of hydrogen-bond donors (Lipinski definition) is 9. The van der Waals surface area contributed by atoms with Gasteiger partial charge in [-0.05, 0) is 137 Å². The number of amides is 5. The van der Waals surface area contributed by atoms with E-state index >= 15 is 9.59 Å². The standard InChI is InChI=1S/C73H98N9O16PS/c1-44(83)75-58(39-45-21-24-47(84)25-22-45)68(87)81-37-14-20-61(81)55-30-28-53(77-55)54-29-32-57(78-54)66(85)80-60(42-100)69(88)82-62(56-31-27-52(76-56)51-19-13-36-74-51)33-34-63(82)67(86)79-59(70(89)93-6)40-46-23-26-50(41-64(46)92-5)94-43-73(71(90)72(2,3)4)65(35-38-95-73)98-99(91,96-48-15-9-7-10-16-48)97-49-17-11-8-12-18-49/h7-12,15-18,21-26,41,51-63,65,74,76-78,84,100H,13-14,19-20,27-40,42-43H2,1-6H3,(H,75,83)(H,79,86)(H,80,85)/t51?,52?,53?,54?,55?,56?,57?,58-,59-,60-,61?,62?,63?,65?,73?/m0/s1. The molecule has 0 saturated carbocycles. The zero-order valence-corrected chi connectivity index (χ0v) is 59.7. The number of para-hydroxylation sites is 2. The number of hydrogen-bond acceptors (Lipinski definition) is 21. The summed E-state index contributed by atoms with van der Waals surface area (Å²) in [6.45, 7) is 7.78. The number of phenols is 1. The lowest BCUT2D eigenvalue weighted by Crippen LogP contribution is -2.62. The van der Waals surface area contributed by atoms with E-state index in [1.165, 1.54) is 21.1 Å². The molecule has 7 aliphatic rings. The number of Topliss-reactive ketones (excluding diaryl/α,β-unsaturated/α-hetero) is 1. The van der Waals surface area contributed by atoms with Gasteiger partial charge in [-0.15, -0.1) is 0 Å². The number of thiol groups is 1. The van der Waals surface area contributed by atoms with Crippen molar-refractivity contribution in [2.45, 2.75) is 214 Å². The first kappa shape index (κ1) is 73.9. The van der Waals surface area contributed by atoms with Crippen LogP contribution in [0.1, 0.15) is 122 Å². The summed E-state index contributed by atoms with van der Waals surface area (Å²) in [5.41, 5.74) is -1.52. The predicted octanol–water partition coefficient (Wildman–Crippen LogP) is 6.03. The first-order valence-electron chi connectivity index (χ1n) is 35.3. The number of aromatic hydroxyl groups is 1. The highest BCUT2D eigenvalue weighted by molar-refractivity contribution is 7.80. The Morgan fingerprint density at radius 3 is 1.94 bits per heavy atom. The van der Waals surface area contributed by atoms with E-state index < -0.39 is 85.6 Å². The molecule has 0 aromatic heterocycles. The average Bonchev–Trinajstić information content (AvgIpc) is 1.55. The van der Waals surface area contributed by atoms with Gasteiger partial charge in [-0.25, -0.2) is 9.36 Å². The molecule has 0 radical (unpaired) electrons. The van der Waals surface area contributed by atoms with Crippen LogP contribution in [0.25, 0.3) is 0 Å². The molecular weight excluding hydrogens is 1320 g/mol. The number of rotatable bonds is 28. The summed E-state index contributed by atoms with van der Waals surface area (Å²) < 4.78 is 57.0. The fraction of sp³-hybridized carbons (Fsp3) is 0.575. The Balaban J connectivity index is 0.753. The van der Waals surface area contributed by atoms with E-state index in [4.69, 9.17) is 32.5 Å². The van der Waals surface area contributed by atoms with Gasteiger partial charge in [0.15, 0.2) is 11.4 Å². The number of nitrogens with one attached hydrogen (secondary N) is 7. The summed E-state index contributed by atoms with van der Waals surface area (Å²) in [5.74, 6) is -1.98. The Hall–Kier alpha value is -7.29. The van der Waals surface area contributed by atoms with Crippen LogP contribution in [0.5, 0.6) is 28.7 Å². The first-order chi connectivity index (χ1) is 48.0. The van der Waals surface area contributed by atoms with Gasteiger partial charge in [0.05, 0.1) is 26.9 Å². The molecule has 25 nitrogen and oxygen atoms in total. The predicted molar refractivity (Wildman–Crippen MR) is 375 cm³/mol. The van der Waals surface area contributed by atoms with Crippen molar-refractivity contribution in [1.29, 1.82) is 0 Å². The minimum atomic E-state index is -4.54. The van der Waals surface area contributed by atoms with Gasteiger partial charge in [-0.3, -0.25) is 33.3 Å². The van der Waals surface area contributed by atoms with Crippen molar-refractivity contribution in [3.8, 4) is 28.7 Å². The molecule has 0 aliphatic carbocycles. The number of carbonyl (C=O) groups is 7. The summed E-state index contributed by atoms with van der Waals surface area (Å²) in [7, 11) is -1.87. The zero-order chi connectivity index (χ0) is 70.9. The maximum Gasteiger partial charge on any atom is 0.587 e. The minimum Gasteiger partial charge on any atom is -0.508 e. The van der Waals surface area contributed by atoms with E-state index in [0.29, 0.717) is 31.4 Å². The van der Waals surface area contributed by atoms with Crippen LogP contribution in [-0.2, 0) is 65.0 Å². The number of ketones is 1. The summed E-state index contributed by atoms with van der Waals surface area (Å²) in [4.78, 5) is 104. The fourth-order valence-electron chi connectivity index (χ4n) is 15.9. The van der Waals surface area contributed by atoms with Gasteiger partial charge in [-0.2, -0.15) is 12.6 Å². The number of ether oxygens (including phenoxy) is 4. The van der Waals surface area contributed by atoms with Gasteiger partial charge >= 0.3 is 13.8 Å². The smallest absolute Gasteiger partial charge is 0.508 e. The number of nitrogens with zero attached hydrogens (tertiary/aromatic N) is 2. The van der Waals surface area contributed by atoms with Gasteiger partial charge in [0.25, 0.3) is 0 Å². The molecule has 7 fully saturated rings. The molecule has 11 rings (SSSR count). The molecule has 4 aromatic rings. The van der Waals surface area contributed by atoms with E-state index in [1.54, 1.807) is 129 Å². The number of carbonyl (C=O) groups excluding carboxylic acids is 7. The summed E-state index contributed by atoms with van der Waals surface area (Å²) in [6, 6.07) is 23.3. The summed E-state index contributed by atoms with van der Waals surface area (Å²) in [6.07, 6.45) is 8.09. The van der Waals surface area contributed by atoms with Crippen LogP contribution in [0.2, 0.25) is 0 Å². The van der Waals surface area contributed by atoms with Gasteiger partial charge in [-0.1, -0.05) is 75.4 Å². The van der Waals surface area contributed by atoms with Crippen molar-refractivity contribution in [1.82, 2.24) is 47.0 Å². The third-order valence-electron chi connectivity index (χ3n) is 20.8. The molecule has 4 aromatic carbocycles. The van der Waals surface area contributed by atoms with E-state index in [2.05, 4.69) is 49.8 Å². The summed E-state index contributed by atoms with van der Waals surface area (Å²) in [5, 5.41) is 33.5. The molecule has 7 heterocycles. The molecule has 5 amide bonds. The number of benzene rings is 4. The van der Waals surface area contributed by atoms with E-state index in [1.807, 2.05) is 4.90 Å². The molecule has 542 valence electrons. The Kier molecular flexibility index (Phi) is 24.2. The van der Waals surface area contributed by atoms with Crippen molar-refractivity contribution < 1.29 is 75.8 Å². The minimum absolute atomic E-state index is 0.00109. The maximum atomic E-state index is 15.4. The Bertz CT molecular complexity index is 3530. The maximum absolute atomic E-state index is 15.4. The molecule has 8 N–H and O–H groups in total. The van der Waals surface area contributed by atoms with Crippen LogP contribution in [0.4, 0.5) is 0 Å². The number of phenolic OH excluding ortho intramolecular Hbond substituents is 1. The fourth-order valence-corrected chi connectivity index (χ4v) is 17.6. The number of phosphoric acid groups is 1. The van der Waals surface area contributed by atoms with Gasteiger partial charge < -0.3 is 80.1 Å². The zero-order valence-electron chi connectivity index (χ0n) is 57.9. The van der Waals surface area contributed by atoms with Crippen molar-refractivity contribution in [2.24, 2.45) is 5.41 Å². The largest absolute Gasteiger partial charge is 0.587 e. The highest BCUT2D eigenvalue weighted by atomic mass is 32.1. The quantitative estimate of drug-likeness (QED) is 0.0178. The number of phosphoric ester groups is 1. The topological polar surface area (TPSA) is 312 Å². The van der Waals surface area contributed by atoms with Crippen LogP contribution in [0.15, 0.2) is 103 Å². The highest BCUT2D eigenvalue weighted by Crippen LogP contribution is 2.54. The second-order valence-corrected chi connectivity index (χ2v) is 30.4. The molecule has 7 aliphatic heterocycles. The monoisotopic (exact) mass is 1420 g/mol. The Morgan fingerprint density at radius 2 is 1.31 bits per heavy atom. The second kappa shape index (κ2) is 32.8. The van der Waals surface area contributed by atoms with Crippen LogP contribution in [0, 0.1) is 5.41 Å². The van der Waals surface area contributed by atoms with E-state index in [-0.39, 0.29) is 133 Å². The Morgan fingerprint density at radius 1 is 0.670 bits per heavy atom. The van der Waals surface area contributed by atoms with Crippen LogP contribution in [0.3, 0.4) is 0 Å². The van der Waals surface area contributed by atoms with Crippen molar-refractivity contribution >= 4 is 61.7 Å². The third-order valence-corrected chi connectivity index (χ3v) is 22.5. The van der Waals surface area contributed by atoms with Crippen LogP contribution < -0.4 is 55.7 Å². The molecule has 0 bridgehead atoms. The van der Waals surface area contributed by atoms with Gasteiger partial charge in [0.1, 0.15) is 65.6 Å². The molecule has 15 atom stereocenters. The normalized spacial score (nSPS) is 27.6. The molecule has 0 spiro atoms. The highest BCUT2D eigenvalue weighted by Gasteiger charge is 2.59. The van der Waals surface area contributed by atoms with E-state index in [0.717, 1.165) is 63.5 Å². The lowest BCUT2D eigenvalue weighted by molar-refractivity contribution is -0.159. The molecule has 7 saturated heterocycles. The number of likely N-dealkylation sites (tertiary alicyclic amines) is 2. The lowest BCUT2D eigenvalue weighted by atomic mass is 9.78. The first-order valence-corrected chi connectivity index (χ1v) is 37.4. The lowest BCUT2D eigenvalue weighted by Gasteiger charge is -2.37. The molecule has 27 heteroatoms. The van der Waals surface area contributed by atoms with E-state index in [9.17, 15) is 33.6 Å². The molecular formula is C73H98N9O16PS. The van der Waals surface area contributed by atoms with Crippen LogP contribution >= 0.6 is 20.5 Å². The Labute approximate surface area is 590 Å².